The lowest BCUT2D eigenvalue weighted by atomic mass is 9.99. The van der Waals surface area contributed by atoms with Gasteiger partial charge in [0, 0.05) is 18.0 Å². The Kier molecular flexibility index (Phi) is 2.63. The number of aromatic amines is 1. The zero-order chi connectivity index (χ0) is 10.8. The van der Waals surface area contributed by atoms with Gasteiger partial charge >= 0.3 is 0 Å². The van der Waals surface area contributed by atoms with Crippen molar-refractivity contribution >= 4 is 0 Å². The van der Waals surface area contributed by atoms with Gasteiger partial charge in [-0.15, -0.1) is 0 Å². The molecule has 1 heteroatoms. The van der Waals surface area contributed by atoms with Crippen LogP contribution in [0.5, 0.6) is 0 Å². The molecule has 1 aromatic heterocycles. The van der Waals surface area contributed by atoms with Gasteiger partial charge in [-0.05, 0) is 29.5 Å². The van der Waals surface area contributed by atoms with Crippen LogP contribution in [0, 0.1) is 6.92 Å². The van der Waals surface area contributed by atoms with E-state index in [0.717, 1.165) is 0 Å². The van der Waals surface area contributed by atoms with E-state index >= 15 is 0 Å². The number of hydrogen-bond acceptors (Lipinski definition) is 0. The molecule has 15 heavy (non-hydrogen) atoms. The largest absolute Gasteiger partial charge is 0.367 e. The van der Waals surface area contributed by atoms with Gasteiger partial charge in [-0.2, -0.15) is 0 Å². The third-order valence-electron chi connectivity index (χ3n) is 2.84. The van der Waals surface area contributed by atoms with E-state index in [-0.39, 0.29) is 0 Å². The molecule has 2 rings (SSSR count). The second kappa shape index (κ2) is 3.93. The minimum Gasteiger partial charge on any atom is -0.367 e. The van der Waals surface area contributed by atoms with Crippen LogP contribution in [0.4, 0.5) is 0 Å². The lowest BCUT2D eigenvalue weighted by molar-refractivity contribution is 0.867. The molecule has 0 aliphatic carbocycles. The van der Waals surface area contributed by atoms with Crippen molar-refractivity contribution < 1.29 is 0 Å². The Hall–Kier alpha value is -1.50. The molecule has 0 aliphatic rings. The normalized spacial score (nSPS) is 10.9. The molecule has 0 atom stereocenters. The van der Waals surface area contributed by atoms with Crippen LogP contribution in [0.15, 0.2) is 36.7 Å². The van der Waals surface area contributed by atoms with Crippen molar-refractivity contribution in [2.45, 2.75) is 26.7 Å². The average Bonchev–Trinajstić information content (AvgIpc) is 2.65. The van der Waals surface area contributed by atoms with E-state index in [1.165, 1.54) is 22.3 Å². The monoisotopic (exact) mass is 199 g/mol. The van der Waals surface area contributed by atoms with E-state index in [9.17, 15) is 0 Å². The highest BCUT2D eigenvalue weighted by atomic mass is 14.6. The zero-order valence-corrected chi connectivity index (χ0v) is 9.54. The van der Waals surface area contributed by atoms with Crippen molar-refractivity contribution in [1.29, 1.82) is 0 Å². The van der Waals surface area contributed by atoms with Gasteiger partial charge in [0.15, 0.2) is 0 Å². The number of benzene rings is 1. The number of nitrogens with one attached hydrogen (secondary N) is 1. The highest BCUT2D eigenvalue weighted by Gasteiger charge is 2.03. The molecule has 1 aromatic carbocycles. The first-order valence-electron chi connectivity index (χ1n) is 5.42. The zero-order valence-electron chi connectivity index (χ0n) is 9.54. The average molecular weight is 199 g/mol. The first-order valence-corrected chi connectivity index (χ1v) is 5.42. The van der Waals surface area contributed by atoms with Gasteiger partial charge in [-0.1, -0.05) is 38.1 Å². The topological polar surface area (TPSA) is 15.8 Å². The first kappa shape index (κ1) is 10.0. The fourth-order valence-electron chi connectivity index (χ4n) is 1.80. The second-order valence-electron chi connectivity index (χ2n) is 4.33. The number of H-pyrrole nitrogens is 1. The predicted molar refractivity (Wildman–Crippen MR) is 65.1 cm³/mol. The molecule has 0 radical (unpaired) electrons. The quantitative estimate of drug-likeness (QED) is 0.749. The standard InChI is InChI=1S/C14H17N/c1-10(2)12-4-6-13(7-5-12)14-9-15-8-11(14)3/h4-10,15H,1-3H3. The maximum Gasteiger partial charge on any atom is 0.00869 e. The summed E-state index contributed by atoms with van der Waals surface area (Å²) in [5.41, 5.74) is 5.28. The van der Waals surface area contributed by atoms with Crippen LogP contribution in [-0.2, 0) is 0 Å². The van der Waals surface area contributed by atoms with E-state index in [1.54, 1.807) is 0 Å². The van der Waals surface area contributed by atoms with E-state index < -0.39 is 0 Å². The third kappa shape index (κ3) is 1.96. The van der Waals surface area contributed by atoms with Crippen molar-refractivity contribution in [3.63, 3.8) is 0 Å². The Morgan fingerprint density at radius 2 is 1.67 bits per heavy atom. The number of aryl methyl sites for hydroxylation is 1. The Balaban J connectivity index is 2.36. The van der Waals surface area contributed by atoms with Crippen LogP contribution in [0.25, 0.3) is 11.1 Å². The summed E-state index contributed by atoms with van der Waals surface area (Å²) in [7, 11) is 0. The van der Waals surface area contributed by atoms with Crippen LogP contribution in [0.2, 0.25) is 0 Å². The molecule has 0 amide bonds. The SMILES string of the molecule is Cc1c[nH]cc1-c1ccc(C(C)C)cc1. The molecule has 0 fully saturated rings. The maximum atomic E-state index is 3.13. The van der Waals surface area contributed by atoms with Crippen molar-refractivity contribution in [3.8, 4) is 11.1 Å². The molecule has 0 aliphatic heterocycles. The van der Waals surface area contributed by atoms with Gasteiger partial charge in [0.2, 0.25) is 0 Å². The highest BCUT2D eigenvalue weighted by molar-refractivity contribution is 5.66. The summed E-state index contributed by atoms with van der Waals surface area (Å²) in [5.74, 6) is 0.603. The summed E-state index contributed by atoms with van der Waals surface area (Å²) >= 11 is 0. The number of aromatic nitrogens is 1. The van der Waals surface area contributed by atoms with Gasteiger partial charge in [0.05, 0.1) is 0 Å². The summed E-state index contributed by atoms with van der Waals surface area (Å²) in [4.78, 5) is 3.13. The molecule has 0 saturated heterocycles. The Bertz CT molecular complexity index is 435. The Morgan fingerprint density at radius 3 is 2.13 bits per heavy atom. The molecule has 1 nitrogen and oxygen atoms in total. The van der Waals surface area contributed by atoms with Gasteiger partial charge in [-0.3, -0.25) is 0 Å². The van der Waals surface area contributed by atoms with E-state index in [1.807, 2.05) is 6.20 Å². The summed E-state index contributed by atoms with van der Waals surface area (Å²) in [6.07, 6.45) is 4.09. The maximum absolute atomic E-state index is 3.13. The van der Waals surface area contributed by atoms with Crippen molar-refractivity contribution in [3.05, 3.63) is 47.8 Å². The molecular formula is C14H17N. The van der Waals surface area contributed by atoms with Crippen molar-refractivity contribution in [2.75, 3.05) is 0 Å². The third-order valence-corrected chi connectivity index (χ3v) is 2.84. The minimum atomic E-state index is 0.603. The fourth-order valence-corrected chi connectivity index (χ4v) is 1.80. The summed E-state index contributed by atoms with van der Waals surface area (Å²) in [5, 5.41) is 0. The molecule has 0 bridgehead atoms. The highest BCUT2D eigenvalue weighted by Crippen LogP contribution is 2.24. The lowest BCUT2D eigenvalue weighted by Gasteiger charge is -2.06. The smallest absolute Gasteiger partial charge is 0.00869 e. The van der Waals surface area contributed by atoms with Gasteiger partial charge in [0.25, 0.3) is 0 Å². The molecule has 0 spiro atoms. The number of rotatable bonds is 2. The van der Waals surface area contributed by atoms with E-state index in [2.05, 4.69) is 56.2 Å². The van der Waals surface area contributed by atoms with Crippen molar-refractivity contribution in [2.24, 2.45) is 0 Å². The first-order chi connectivity index (χ1) is 7.18. The molecule has 0 unspecified atom stereocenters. The van der Waals surface area contributed by atoms with Crippen LogP contribution >= 0.6 is 0 Å². The van der Waals surface area contributed by atoms with Crippen LogP contribution in [0.1, 0.15) is 30.9 Å². The molecule has 78 valence electrons. The van der Waals surface area contributed by atoms with Gasteiger partial charge < -0.3 is 4.98 Å². The predicted octanol–water partition coefficient (Wildman–Crippen LogP) is 4.11. The molecule has 1 heterocycles. The van der Waals surface area contributed by atoms with E-state index in [0.29, 0.717) is 5.92 Å². The van der Waals surface area contributed by atoms with Crippen LogP contribution in [0.3, 0.4) is 0 Å². The summed E-state index contributed by atoms with van der Waals surface area (Å²) in [6, 6.07) is 8.83. The molecular weight excluding hydrogens is 182 g/mol. The summed E-state index contributed by atoms with van der Waals surface area (Å²) < 4.78 is 0. The molecule has 0 saturated carbocycles. The minimum absolute atomic E-state index is 0.603. The lowest BCUT2D eigenvalue weighted by Crippen LogP contribution is -1.86. The second-order valence-corrected chi connectivity index (χ2v) is 4.33. The Morgan fingerprint density at radius 1 is 1.00 bits per heavy atom. The summed E-state index contributed by atoms with van der Waals surface area (Å²) in [6.45, 7) is 6.56. The van der Waals surface area contributed by atoms with Crippen LogP contribution < -0.4 is 0 Å². The molecule has 2 aromatic rings. The molecule has 1 N–H and O–H groups in total. The van der Waals surface area contributed by atoms with Gasteiger partial charge in [-0.25, -0.2) is 0 Å². The fraction of sp³-hybridized carbons (Fsp3) is 0.286. The number of hydrogen-bond donors (Lipinski definition) is 1. The van der Waals surface area contributed by atoms with E-state index in [4.69, 9.17) is 0 Å². The Labute approximate surface area is 91.2 Å². The van der Waals surface area contributed by atoms with Crippen molar-refractivity contribution in [1.82, 2.24) is 4.98 Å². The van der Waals surface area contributed by atoms with Gasteiger partial charge in [0.1, 0.15) is 0 Å². The van der Waals surface area contributed by atoms with Crippen LogP contribution in [-0.4, -0.2) is 4.98 Å².